The van der Waals surface area contributed by atoms with Gasteiger partial charge in [0, 0.05) is 23.1 Å². The van der Waals surface area contributed by atoms with E-state index in [0.717, 1.165) is 16.3 Å². The third-order valence-electron chi connectivity index (χ3n) is 6.05. The first-order valence-corrected chi connectivity index (χ1v) is 10.7. The van der Waals surface area contributed by atoms with Crippen molar-refractivity contribution in [2.24, 2.45) is 5.92 Å². The van der Waals surface area contributed by atoms with Crippen molar-refractivity contribution in [2.45, 2.75) is 6.54 Å². The number of ketones is 1. The van der Waals surface area contributed by atoms with Gasteiger partial charge in [-0.15, -0.1) is 0 Å². The Kier molecular flexibility index (Phi) is 5.37. The predicted octanol–water partition coefficient (Wildman–Crippen LogP) is 3.74. The molecule has 0 aromatic heterocycles. The minimum atomic E-state index is -1.31. The molecule has 0 radical (unpaired) electrons. The van der Waals surface area contributed by atoms with Gasteiger partial charge in [-0.25, -0.2) is 4.79 Å². The second kappa shape index (κ2) is 8.51. The summed E-state index contributed by atoms with van der Waals surface area (Å²) in [5.74, 6) is -2.96. The van der Waals surface area contributed by atoms with Crippen LogP contribution in [0.2, 0.25) is 0 Å². The van der Waals surface area contributed by atoms with Gasteiger partial charge in [-0.05, 0) is 10.9 Å². The molecule has 7 heteroatoms. The molecule has 170 valence electrons. The lowest BCUT2D eigenvalue weighted by Gasteiger charge is -2.33. The van der Waals surface area contributed by atoms with E-state index >= 15 is 0 Å². The number of fused-ring (bicyclic) bond motifs is 1. The number of carbonyl (C=O) groups is 3. The molecule has 1 aliphatic carbocycles. The first kappa shape index (κ1) is 21.5. The van der Waals surface area contributed by atoms with E-state index in [9.17, 15) is 14.4 Å². The highest BCUT2D eigenvalue weighted by Crippen LogP contribution is 2.45. The van der Waals surface area contributed by atoms with Crippen LogP contribution in [0.4, 0.5) is 0 Å². The lowest BCUT2D eigenvalue weighted by atomic mass is 9.77. The van der Waals surface area contributed by atoms with Crippen molar-refractivity contribution in [1.29, 1.82) is 0 Å². The highest BCUT2D eigenvalue weighted by Gasteiger charge is 2.47. The van der Waals surface area contributed by atoms with E-state index < -0.39 is 23.6 Å². The van der Waals surface area contributed by atoms with E-state index in [4.69, 9.17) is 14.2 Å². The maximum absolute atomic E-state index is 13.7. The predicted molar refractivity (Wildman–Crippen MR) is 124 cm³/mol. The van der Waals surface area contributed by atoms with E-state index in [0.29, 0.717) is 17.7 Å². The quantitative estimate of drug-likeness (QED) is 0.586. The Morgan fingerprint density at radius 3 is 2.29 bits per heavy atom. The number of benzene rings is 3. The molecule has 1 N–H and O–H groups in total. The van der Waals surface area contributed by atoms with Gasteiger partial charge in [0.1, 0.15) is 17.3 Å². The maximum atomic E-state index is 13.7. The lowest BCUT2D eigenvalue weighted by Crippen LogP contribution is -2.37. The van der Waals surface area contributed by atoms with Crippen LogP contribution >= 0.6 is 0 Å². The number of hydrogen-bond donors (Lipinski definition) is 1. The van der Waals surface area contributed by atoms with Gasteiger partial charge in [0.15, 0.2) is 5.78 Å². The number of nitrogens with one attached hydrogen (secondary N) is 1. The molecular weight excluding hydrogens is 434 g/mol. The Bertz CT molecular complexity index is 1400. The van der Waals surface area contributed by atoms with Gasteiger partial charge in [0.2, 0.25) is 5.88 Å². The number of rotatable bonds is 5. The Balaban J connectivity index is 1.70. The Hall–Kier alpha value is -4.39. The number of methoxy groups -OCH3 is 2. The summed E-state index contributed by atoms with van der Waals surface area (Å²) >= 11 is 0. The molecule has 1 aliphatic heterocycles. The van der Waals surface area contributed by atoms with Crippen LogP contribution in [0.5, 0.6) is 0 Å². The first-order chi connectivity index (χ1) is 16.5. The van der Waals surface area contributed by atoms with Gasteiger partial charge in [-0.2, -0.15) is 0 Å². The summed E-state index contributed by atoms with van der Waals surface area (Å²) in [6.07, 6.45) is 0. The summed E-state index contributed by atoms with van der Waals surface area (Å²) in [7, 11) is 2.42. The normalized spacial score (nSPS) is 16.6. The summed E-state index contributed by atoms with van der Waals surface area (Å²) in [6.45, 7) is 0.321. The van der Waals surface area contributed by atoms with Gasteiger partial charge in [0.25, 0.3) is 0 Å². The molecule has 1 atom stereocenters. The Morgan fingerprint density at radius 2 is 1.62 bits per heavy atom. The number of ether oxygens (including phenoxy) is 3. The largest absolute Gasteiger partial charge is 0.468 e. The molecule has 0 amide bonds. The van der Waals surface area contributed by atoms with E-state index in [-0.39, 0.29) is 22.8 Å². The molecule has 0 saturated heterocycles. The zero-order valence-electron chi connectivity index (χ0n) is 18.6. The first-order valence-electron chi connectivity index (χ1n) is 10.7. The lowest BCUT2D eigenvalue weighted by molar-refractivity contribution is -0.146. The van der Waals surface area contributed by atoms with Gasteiger partial charge in [0.05, 0.1) is 19.8 Å². The molecule has 5 rings (SSSR count). The van der Waals surface area contributed by atoms with Crippen LogP contribution in [-0.4, -0.2) is 31.9 Å². The second-order valence-electron chi connectivity index (χ2n) is 7.91. The van der Waals surface area contributed by atoms with Crippen molar-refractivity contribution in [1.82, 2.24) is 5.32 Å². The van der Waals surface area contributed by atoms with Crippen LogP contribution in [0.25, 0.3) is 16.5 Å². The summed E-state index contributed by atoms with van der Waals surface area (Å²) in [5, 5.41) is 4.73. The molecule has 0 fully saturated rings. The van der Waals surface area contributed by atoms with Crippen molar-refractivity contribution in [2.75, 3.05) is 14.2 Å². The molecule has 1 unspecified atom stereocenters. The molecular formula is C27H21NO6. The van der Waals surface area contributed by atoms with Crippen LogP contribution in [0, 0.1) is 5.92 Å². The minimum Gasteiger partial charge on any atom is -0.468 e. The number of carbonyl (C=O) groups excluding carboxylic acids is 3. The average Bonchev–Trinajstić information content (AvgIpc) is 2.89. The summed E-state index contributed by atoms with van der Waals surface area (Å²) in [5.41, 5.74) is 1.99. The minimum absolute atomic E-state index is 0.0500. The molecule has 0 saturated carbocycles. The van der Waals surface area contributed by atoms with Crippen LogP contribution in [0.15, 0.2) is 83.8 Å². The highest BCUT2D eigenvalue weighted by molar-refractivity contribution is 6.27. The van der Waals surface area contributed by atoms with E-state index in [2.05, 4.69) is 5.32 Å². The number of Topliss-reactive ketones (excluding diaryl/α,β-unsaturated/α-hetero) is 1. The molecule has 0 bridgehead atoms. The zero-order valence-corrected chi connectivity index (χ0v) is 18.6. The molecule has 1 heterocycles. The molecule has 7 nitrogen and oxygen atoms in total. The molecule has 3 aromatic rings. The molecule has 2 aliphatic rings. The zero-order chi connectivity index (χ0) is 23.8. The number of hydrogen-bond acceptors (Lipinski definition) is 7. The van der Waals surface area contributed by atoms with Gasteiger partial charge in [-0.1, -0.05) is 66.7 Å². The Morgan fingerprint density at radius 1 is 0.912 bits per heavy atom. The average molecular weight is 455 g/mol. The third kappa shape index (κ3) is 3.33. The monoisotopic (exact) mass is 455 g/mol. The van der Waals surface area contributed by atoms with Gasteiger partial charge >= 0.3 is 11.9 Å². The van der Waals surface area contributed by atoms with Crippen molar-refractivity contribution in [3.05, 3.63) is 100 Å². The summed E-state index contributed by atoms with van der Waals surface area (Å²) < 4.78 is 16.2. The van der Waals surface area contributed by atoms with Crippen LogP contribution < -0.4 is 5.32 Å². The second-order valence-corrected chi connectivity index (χ2v) is 7.91. The Labute approximate surface area is 195 Å². The standard InChI is InChI=1S/C27H21NO6/c1-32-26(30)20-21-23(29)17-12-6-10-16-11-7-13-18(19(16)17)24(21)34-25(22(20)27(31)33-2)28-14-15-8-4-3-5-9-15/h3-13,20,28H,14H2,1-2H3. The molecule has 0 spiro atoms. The summed E-state index contributed by atoms with van der Waals surface area (Å²) in [6, 6.07) is 20.5. The van der Waals surface area contributed by atoms with E-state index in [1.807, 2.05) is 54.6 Å². The van der Waals surface area contributed by atoms with Gasteiger partial charge < -0.3 is 19.5 Å². The van der Waals surface area contributed by atoms with Crippen molar-refractivity contribution >= 4 is 34.3 Å². The summed E-state index contributed by atoms with van der Waals surface area (Å²) in [4.78, 5) is 39.6. The SMILES string of the molecule is COC(=O)C1=C(NCc2ccccc2)OC2=C(C(=O)c3cccc4cccc2c34)C1C(=O)OC. The van der Waals surface area contributed by atoms with Gasteiger partial charge in [-0.3, -0.25) is 9.59 Å². The molecule has 3 aromatic carbocycles. The smallest absolute Gasteiger partial charge is 0.340 e. The van der Waals surface area contributed by atoms with Crippen LogP contribution in [0.1, 0.15) is 21.5 Å². The fourth-order valence-electron chi connectivity index (χ4n) is 4.50. The van der Waals surface area contributed by atoms with Crippen molar-refractivity contribution < 1.29 is 28.6 Å². The van der Waals surface area contributed by atoms with Crippen LogP contribution in [0.3, 0.4) is 0 Å². The number of esters is 2. The van der Waals surface area contributed by atoms with E-state index in [1.54, 1.807) is 12.1 Å². The fourth-order valence-corrected chi connectivity index (χ4v) is 4.50. The molecule has 34 heavy (non-hydrogen) atoms. The fraction of sp³-hybridized carbons (Fsp3) is 0.148. The van der Waals surface area contributed by atoms with Crippen molar-refractivity contribution in [3.63, 3.8) is 0 Å². The third-order valence-corrected chi connectivity index (χ3v) is 6.05. The van der Waals surface area contributed by atoms with Crippen molar-refractivity contribution in [3.8, 4) is 0 Å². The maximum Gasteiger partial charge on any atom is 0.340 e. The topological polar surface area (TPSA) is 90.9 Å². The highest BCUT2D eigenvalue weighted by atomic mass is 16.5. The van der Waals surface area contributed by atoms with E-state index in [1.165, 1.54) is 14.2 Å². The van der Waals surface area contributed by atoms with Crippen LogP contribution in [-0.2, 0) is 30.3 Å².